The number of ether oxygens (including phenoxy) is 2. The van der Waals surface area contributed by atoms with Crippen molar-refractivity contribution >= 4 is 11.9 Å². The van der Waals surface area contributed by atoms with Crippen molar-refractivity contribution in [2.75, 3.05) is 44.2 Å². The van der Waals surface area contributed by atoms with Crippen LogP contribution in [0.15, 0.2) is 67.0 Å². The fourth-order valence-corrected chi connectivity index (χ4v) is 4.42. The highest BCUT2D eigenvalue weighted by Crippen LogP contribution is 2.29. The lowest BCUT2D eigenvalue weighted by molar-refractivity contribution is -0.137. The number of rotatable bonds is 7. The molecule has 0 spiro atoms. The first-order valence-corrected chi connectivity index (χ1v) is 12.4. The smallest absolute Gasteiger partial charge is 0.416 e. The van der Waals surface area contributed by atoms with E-state index in [1.807, 2.05) is 30.3 Å². The van der Waals surface area contributed by atoms with Gasteiger partial charge < -0.3 is 19.3 Å². The first kappa shape index (κ1) is 25.8. The van der Waals surface area contributed by atoms with E-state index >= 15 is 0 Å². The molecule has 5 rings (SSSR count). The summed E-state index contributed by atoms with van der Waals surface area (Å²) in [5.74, 6) is 1.14. The summed E-state index contributed by atoms with van der Waals surface area (Å²) in [4.78, 5) is 27.1. The lowest BCUT2D eigenvalue weighted by Crippen LogP contribution is -2.53. The second kappa shape index (κ2) is 11.3. The van der Waals surface area contributed by atoms with Crippen LogP contribution in [0.5, 0.6) is 5.88 Å². The minimum atomic E-state index is -4.32. The predicted molar refractivity (Wildman–Crippen MR) is 134 cm³/mol. The Hall–Kier alpha value is -3.86. The Morgan fingerprint density at radius 1 is 0.895 bits per heavy atom. The number of alkyl halides is 3. The molecule has 38 heavy (non-hydrogen) atoms. The third-order valence-electron chi connectivity index (χ3n) is 6.58. The number of amides is 1. The molecule has 2 saturated heterocycles. The Morgan fingerprint density at radius 2 is 1.61 bits per heavy atom. The number of aromatic nitrogens is 2. The van der Waals surface area contributed by atoms with E-state index in [-0.39, 0.29) is 18.8 Å². The molecule has 3 heterocycles. The number of carbonyl (C=O) groups is 1. The zero-order chi connectivity index (χ0) is 26.5. The summed E-state index contributed by atoms with van der Waals surface area (Å²) < 4.78 is 49.4. The van der Waals surface area contributed by atoms with Crippen molar-refractivity contribution in [2.45, 2.75) is 25.4 Å². The average Bonchev–Trinajstić information content (AvgIpc) is 2.91. The number of nitrogens with zero attached hydrogens (tertiary/aromatic N) is 5. The molecule has 0 saturated carbocycles. The number of hydrogen-bond acceptors (Lipinski definition) is 7. The molecule has 0 aliphatic carbocycles. The van der Waals surface area contributed by atoms with Crippen molar-refractivity contribution in [3.8, 4) is 5.88 Å². The fourth-order valence-electron chi connectivity index (χ4n) is 4.42. The molecule has 2 fully saturated rings. The van der Waals surface area contributed by atoms with Crippen LogP contribution in [0.1, 0.15) is 16.7 Å². The summed E-state index contributed by atoms with van der Waals surface area (Å²) in [5, 5.41) is 0. The maximum atomic E-state index is 12.7. The SMILES string of the molecule is O=C(OCc1ccccc1)N1CCN(c2cnc(OC3CN(Cc4ccc(C(F)(F)F)cc4)C3)cn2)CC1. The van der Waals surface area contributed by atoms with Crippen molar-refractivity contribution in [2.24, 2.45) is 0 Å². The van der Waals surface area contributed by atoms with Gasteiger partial charge in [-0.15, -0.1) is 0 Å². The van der Waals surface area contributed by atoms with E-state index in [1.165, 1.54) is 12.1 Å². The van der Waals surface area contributed by atoms with Crippen molar-refractivity contribution in [1.29, 1.82) is 0 Å². The standard InChI is InChI=1S/C27H28F3N5O3/c28-27(29,30)22-8-6-20(7-9-22)16-33-17-23(18-33)38-25-15-31-24(14-32-25)34-10-12-35(13-11-34)26(36)37-19-21-4-2-1-3-5-21/h1-9,14-15,23H,10-13,16-19H2. The van der Waals surface area contributed by atoms with E-state index < -0.39 is 11.7 Å². The van der Waals surface area contributed by atoms with Gasteiger partial charge in [-0.2, -0.15) is 13.2 Å². The van der Waals surface area contributed by atoms with Crippen LogP contribution >= 0.6 is 0 Å². The molecule has 0 radical (unpaired) electrons. The van der Waals surface area contributed by atoms with Crippen molar-refractivity contribution in [3.05, 3.63) is 83.7 Å². The van der Waals surface area contributed by atoms with Crippen LogP contribution < -0.4 is 9.64 Å². The van der Waals surface area contributed by atoms with E-state index in [9.17, 15) is 18.0 Å². The topological polar surface area (TPSA) is 71.0 Å². The highest BCUT2D eigenvalue weighted by Gasteiger charge is 2.31. The molecule has 0 atom stereocenters. The monoisotopic (exact) mass is 527 g/mol. The molecule has 0 bridgehead atoms. The van der Waals surface area contributed by atoms with E-state index in [4.69, 9.17) is 9.47 Å². The first-order valence-electron chi connectivity index (χ1n) is 12.4. The van der Waals surface area contributed by atoms with Crippen LogP contribution in [0.3, 0.4) is 0 Å². The maximum Gasteiger partial charge on any atom is 0.416 e. The summed E-state index contributed by atoms with van der Waals surface area (Å²) in [7, 11) is 0. The van der Waals surface area contributed by atoms with Gasteiger partial charge in [0.2, 0.25) is 5.88 Å². The summed E-state index contributed by atoms with van der Waals surface area (Å²) in [5.41, 5.74) is 1.13. The molecule has 2 aliphatic rings. The van der Waals surface area contributed by atoms with E-state index in [0.29, 0.717) is 57.5 Å². The first-order chi connectivity index (χ1) is 18.3. The van der Waals surface area contributed by atoms with E-state index in [2.05, 4.69) is 19.8 Å². The van der Waals surface area contributed by atoms with Gasteiger partial charge in [0.1, 0.15) is 18.5 Å². The third kappa shape index (κ3) is 6.52. The van der Waals surface area contributed by atoms with E-state index in [0.717, 1.165) is 23.3 Å². The van der Waals surface area contributed by atoms with Crippen molar-refractivity contribution < 1.29 is 27.4 Å². The van der Waals surface area contributed by atoms with Gasteiger partial charge >= 0.3 is 12.3 Å². The zero-order valence-corrected chi connectivity index (χ0v) is 20.7. The largest absolute Gasteiger partial charge is 0.471 e. The molecule has 3 aromatic rings. The highest BCUT2D eigenvalue weighted by molar-refractivity contribution is 5.68. The van der Waals surface area contributed by atoms with Crippen molar-refractivity contribution in [1.82, 2.24) is 19.8 Å². The molecule has 1 aromatic heterocycles. The van der Waals surface area contributed by atoms with Gasteiger partial charge in [-0.05, 0) is 23.3 Å². The number of hydrogen-bond donors (Lipinski definition) is 0. The summed E-state index contributed by atoms with van der Waals surface area (Å²) in [6, 6.07) is 14.8. The van der Waals surface area contributed by atoms with Crippen LogP contribution in [-0.2, 0) is 24.1 Å². The lowest BCUT2D eigenvalue weighted by Gasteiger charge is -2.38. The molecule has 8 nitrogen and oxygen atoms in total. The van der Waals surface area contributed by atoms with E-state index in [1.54, 1.807) is 17.3 Å². The number of carbonyl (C=O) groups excluding carboxylic acids is 1. The molecule has 2 aromatic carbocycles. The zero-order valence-electron chi connectivity index (χ0n) is 20.7. The Morgan fingerprint density at radius 3 is 2.24 bits per heavy atom. The second-order valence-electron chi connectivity index (χ2n) is 9.36. The van der Waals surface area contributed by atoms with Gasteiger partial charge in [0.25, 0.3) is 0 Å². The molecular formula is C27H28F3N5O3. The van der Waals surface area contributed by atoms with Crippen LogP contribution in [-0.4, -0.2) is 71.2 Å². The minimum Gasteiger partial charge on any atom is -0.471 e. The Balaban J connectivity index is 1.02. The quantitative estimate of drug-likeness (QED) is 0.456. The summed E-state index contributed by atoms with van der Waals surface area (Å²) in [6.07, 6.45) is -1.44. The van der Waals surface area contributed by atoms with Gasteiger partial charge in [0, 0.05) is 45.8 Å². The van der Waals surface area contributed by atoms with Crippen LogP contribution in [0.4, 0.5) is 23.8 Å². The summed E-state index contributed by atoms with van der Waals surface area (Å²) >= 11 is 0. The number of likely N-dealkylation sites (tertiary alicyclic amines) is 1. The Bertz CT molecular complexity index is 1200. The Kier molecular flexibility index (Phi) is 7.64. The number of piperazine rings is 1. The normalized spacial score (nSPS) is 16.7. The van der Waals surface area contributed by atoms with Gasteiger partial charge in [-0.25, -0.2) is 14.8 Å². The van der Waals surface area contributed by atoms with Gasteiger partial charge in [0.15, 0.2) is 0 Å². The van der Waals surface area contributed by atoms with Gasteiger partial charge in [-0.1, -0.05) is 42.5 Å². The third-order valence-corrected chi connectivity index (χ3v) is 6.58. The molecular weight excluding hydrogens is 499 g/mol. The van der Waals surface area contributed by atoms with Gasteiger partial charge in [-0.3, -0.25) is 4.90 Å². The number of benzene rings is 2. The molecule has 0 unspecified atom stereocenters. The second-order valence-corrected chi connectivity index (χ2v) is 9.36. The van der Waals surface area contributed by atoms with Crippen LogP contribution in [0.2, 0.25) is 0 Å². The van der Waals surface area contributed by atoms with Crippen LogP contribution in [0.25, 0.3) is 0 Å². The maximum absolute atomic E-state index is 12.7. The number of halogens is 3. The number of anilines is 1. The molecule has 11 heteroatoms. The highest BCUT2D eigenvalue weighted by atomic mass is 19.4. The fraction of sp³-hybridized carbons (Fsp3) is 0.370. The average molecular weight is 528 g/mol. The Labute approximate surface area is 218 Å². The molecule has 200 valence electrons. The molecule has 0 N–H and O–H groups in total. The minimum absolute atomic E-state index is 0.0463. The summed E-state index contributed by atoms with van der Waals surface area (Å²) in [6.45, 7) is 4.44. The van der Waals surface area contributed by atoms with Crippen molar-refractivity contribution in [3.63, 3.8) is 0 Å². The molecule has 1 amide bonds. The predicted octanol–water partition coefficient (Wildman–Crippen LogP) is 4.22. The molecule has 2 aliphatic heterocycles. The van der Waals surface area contributed by atoms with Gasteiger partial charge in [0.05, 0.1) is 18.0 Å². The van der Waals surface area contributed by atoms with Crippen LogP contribution in [0, 0.1) is 0 Å². The lowest BCUT2D eigenvalue weighted by atomic mass is 10.1.